The number of allylic oxidation sites excluding steroid dienone is 1. The second kappa shape index (κ2) is 3.08. The maximum Gasteiger partial charge on any atom is 0.0574 e. The summed E-state index contributed by atoms with van der Waals surface area (Å²) in [5, 5.41) is 0. The SMILES string of the molecule is C/C=C/c1ccc(S)s1. The van der Waals surface area contributed by atoms with Gasteiger partial charge in [0.1, 0.15) is 0 Å². The lowest BCUT2D eigenvalue weighted by Crippen LogP contribution is -1.50. The van der Waals surface area contributed by atoms with Crippen molar-refractivity contribution in [2.24, 2.45) is 0 Å². The zero-order valence-electron chi connectivity index (χ0n) is 5.16. The Labute approximate surface area is 64.6 Å². The summed E-state index contributed by atoms with van der Waals surface area (Å²) in [5.74, 6) is 0. The van der Waals surface area contributed by atoms with Crippen LogP contribution >= 0.6 is 24.0 Å². The van der Waals surface area contributed by atoms with Gasteiger partial charge in [0.05, 0.1) is 4.21 Å². The third-order valence-corrected chi connectivity index (χ3v) is 2.22. The molecular weight excluding hydrogens is 148 g/mol. The van der Waals surface area contributed by atoms with Crippen molar-refractivity contribution in [2.45, 2.75) is 11.1 Å². The standard InChI is InChI=1S/C7H8S2/c1-2-3-6-4-5-7(8)9-6/h2-5,8H,1H3/b3-2+. The molecule has 0 bridgehead atoms. The van der Waals surface area contributed by atoms with Gasteiger partial charge in [0.25, 0.3) is 0 Å². The van der Waals surface area contributed by atoms with Crippen LogP contribution in [0.5, 0.6) is 0 Å². The van der Waals surface area contributed by atoms with E-state index in [1.807, 2.05) is 19.1 Å². The van der Waals surface area contributed by atoms with Gasteiger partial charge in [-0.15, -0.1) is 24.0 Å². The molecular formula is C7H8S2. The minimum atomic E-state index is 1.07. The van der Waals surface area contributed by atoms with Crippen LogP contribution in [0.1, 0.15) is 11.8 Å². The van der Waals surface area contributed by atoms with Gasteiger partial charge in [-0.3, -0.25) is 0 Å². The fourth-order valence-electron chi connectivity index (χ4n) is 0.596. The van der Waals surface area contributed by atoms with E-state index in [-0.39, 0.29) is 0 Å². The zero-order valence-corrected chi connectivity index (χ0v) is 6.88. The molecule has 0 saturated carbocycles. The van der Waals surface area contributed by atoms with Gasteiger partial charge in [-0.25, -0.2) is 0 Å². The Bertz CT molecular complexity index is 210. The molecule has 1 rings (SSSR count). The van der Waals surface area contributed by atoms with Crippen molar-refractivity contribution in [2.75, 3.05) is 0 Å². The summed E-state index contributed by atoms with van der Waals surface area (Å²) in [6.45, 7) is 2.01. The van der Waals surface area contributed by atoms with Gasteiger partial charge in [0, 0.05) is 4.88 Å². The molecule has 0 N–H and O–H groups in total. The van der Waals surface area contributed by atoms with Crippen LogP contribution in [0.2, 0.25) is 0 Å². The molecule has 0 amide bonds. The van der Waals surface area contributed by atoms with Crippen molar-refractivity contribution in [1.82, 2.24) is 0 Å². The number of hydrogen-bond acceptors (Lipinski definition) is 2. The first-order valence-corrected chi connectivity index (χ1v) is 4.01. The average Bonchev–Trinajstić information content (AvgIpc) is 2.17. The van der Waals surface area contributed by atoms with E-state index in [0.717, 1.165) is 4.21 Å². The second-order valence-electron chi connectivity index (χ2n) is 1.68. The highest BCUT2D eigenvalue weighted by atomic mass is 32.2. The Balaban J connectivity index is 2.85. The molecule has 0 aliphatic carbocycles. The lowest BCUT2D eigenvalue weighted by atomic mass is 10.4. The number of hydrogen-bond donors (Lipinski definition) is 1. The first-order valence-electron chi connectivity index (χ1n) is 2.74. The van der Waals surface area contributed by atoms with Gasteiger partial charge in [-0.2, -0.15) is 0 Å². The van der Waals surface area contributed by atoms with E-state index in [1.54, 1.807) is 11.3 Å². The molecule has 0 fully saturated rings. The van der Waals surface area contributed by atoms with Crippen LogP contribution in [0, 0.1) is 0 Å². The predicted octanol–water partition coefficient (Wildman–Crippen LogP) is 3.07. The van der Waals surface area contributed by atoms with E-state index < -0.39 is 0 Å². The molecule has 0 unspecified atom stereocenters. The predicted molar refractivity (Wildman–Crippen MR) is 46.3 cm³/mol. The number of rotatable bonds is 1. The van der Waals surface area contributed by atoms with Crippen molar-refractivity contribution in [3.8, 4) is 0 Å². The summed E-state index contributed by atoms with van der Waals surface area (Å²) < 4.78 is 1.07. The van der Waals surface area contributed by atoms with Gasteiger partial charge in [0.2, 0.25) is 0 Å². The molecule has 0 nitrogen and oxygen atoms in total. The molecule has 1 aromatic heterocycles. The summed E-state index contributed by atoms with van der Waals surface area (Å²) in [6.07, 6.45) is 4.10. The molecule has 48 valence electrons. The first-order chi connectivity index (χ1) is 4.33. The lowest BCUT2D eigenvalue weighted by molar-refractivity contribution is 1.75. The summed E-state index contributed by atoms with van der Waals surface area (Å²) in [7, 11) is 0. The highest BCUT2D eigenvalue weighted by Crippen LogP contribution is 2.20. The molecule has 1 aromatic rings. The van der Waals surface area contributed by atoms with Crippen molar-refractivity contribution < 1.29 is 0 Å². The molecule has 9 heavy (non-hydrogen) atoms. The minimum Gasteiger partial charge on any atom is -0.133 e. The van der Waals surface area contributed by atoms with Gasteiger partial charge >= 0.3 is 0 Å². The van der Waals surface area contributed by atoms with E-state index in [0.29, 0.717) is 0 Å². The molecule has 0 aliphatic rings. The van der Waals surface area contributed by atoms with Gasteiger partial charge < -0.3 is 0 Å². The van der Waals surface area contributed by atoms with Crippen LogP contribution in [0.15, 0.2) is 22.4 Å². The highest BCUT2D eigenvalue weighted by molar-refractivity contribution is 7.82. The van der Waals surface area contributed by atoms with Crippen LogP contribution in [0.4, 0.5) is 0 Å². The smallest absolute Gasteiger partial charge is 0.0574 e. The Hall–Kier alpha value is -0.210. The lowest BCUT2D eigenvalue weighted by Gasteiger charge is -1.77. The highest BCUT2D eigenvalue weighted by Gasteiger charge is 1.88. The summed E-state index contributed by atoms with van der Waals surface area (Å²) in [5.41, 5.74) is 0. The van der Waals surface area contributed by atoms with Crippen LogP contribution in [-0.2, 0) is 0 Å². The molecule has 0 atom stereocenters. The normalized spacial score (nSPS) is 10.9. The van der Waals surface area contributed by atoms with E-state index in [1.165, 1.54) is 4.88 Å². The second-order valence-corrected chi connectivity index (χ2v) is 3.58. The van der Waals surface area contributed by atoms with E-state index in [9.17, 15) is 0 Å². The van der Waals surface area contributed by atoms with Gasteiger partial charge in [-0.1, -0.05) is 6.08 Å². The summed E-state index contributed by atoms with van der Waals surface area (Å²) in [6, 6.07) is 4.07. The molecule has 1 heterocycles. The molecule has 0 aliphatic heterocycles. The quantitative estimate of drug-likeness (QED) is 0.593. The maximum atomic E-state index is 4.18. The van der Waals surface area contributed by atoms with Gasteiger partial charge in [0.15, 0.2) is 0 Å². The largest absolute Gasteiger partial charge is 0.133 e. The van der Waals surface area contributed by atoms with Crippen molar-refractivity contribution in [3.63, 3.8) is 0 Å². The number of thiophene rings is 1. The van der Waals surface area contributed by atoms with E-state index in [4.69, 9.17) is 0 Å². The molecule has 0 saturated heterocycles. The molecule has 2 heteroatoms. The molecule has 0 spiro atoms. The van der Waals surface area contributed by atoms with Crippen LogP contribution in [0.3, 0.4) is 0 Å². The maximum absolute atomic E-state index is 4.18. The monoisotopic (exact) mass is 156 g/mol. The van der Waals surface area contributed by atoms with Crippen LogP contribution in [-0.4, -0.2) is 0 Å². The summed E-state index contributed by atoms with van der Waals surface area (Å²) in [4.78, 5) is 1.27. The van der Waals surface area contributed by atoms with Crippen LogP contribution in [0.25, 0.3) is 6.08 Å². The van der Waals surface area contributed by atoms with Crippen molar-refractivity contribution >= 4 is 30.0 Å². The van der Waals surface area contributed by atoms with Crippen LogP contribution < -0.4 is 0 Å². The zero-order chi connectivity index (χ0) is 6.69. The fourth-order valence-corrected chi connectivity index (χ4v) is 1.70. The van der Waals surface area contributed by atoms with E-state index in [2.05, 4.69) is 24.8 Å². The Morgan fingerprint density at radius 2 is 2.33 bits per heavy atom. The first kappa shape index (κ1) is 6.90. The summed E-state index contributed by atoms with van der Waals surface area (Å²) >= 11 is 5.87. The average molecular weight is 156 g/mol. The van der Waals surface area contributed by atoms with Crippen molar-refractivity contribution in [3.05, 3.63) is 23.1 Å². The molecule has 0 aromatic carbocycles. The van der Waals surface area contributed by atoms with Gasteiger partial charge in [-0.05, 0) is 25.1 Å². The van der Waals surface area contributed by atoms with E-state index >= 15 is 0 Å². The Kier molecular flexibility index (Phi) is 2.37. The number of thiol groups is 1. The van der Waals surface area contributed by atoms with Crippen molar-refractivity contribution in [1.29, 1.82) is 0 Å². The fraction of sp³-hybridized carbons (Fsp3) is 0.143. The third kappa shape index (κ3) is 1.88. The minimum absolute atomic E-state index is 1.07. The molecule has 0 radical (unpaired) electrons. The third-order valence-electron chi connectivity index (χ3n) is 0.944. The Morgan fingerprint density at radius 1 is 1.56 bits per heavy atom. The topological polar surface area (TPSA) is 0 Å². The Morgan fingerprint density at radius 3 is 2.78 bits per heavy atom.